The Morgan fingerprint density at radius 3 is 2.46 bits per heavy atom. The summed E-state index contributed by atoms with van der Waals surface area (Å²) in [7, 11) is 0. The summed E-state index contributed by atoms with van der Waals surface area (Å²) in [6.45, 7) is 12.4. The summed E-state index contributed by atoms with van der Waals surface area (Å²) in [6.07, 6.45) is -1.68. The van der Waals surface area contributed by atoms with Gasteiger partial charge in [0.1, 0.15) is 42.9 Å². The number of rotatable bonds is 8. The molecule has 0 radical (unpaired) electrons. The van der Waals surface area contributed by atoms with Crippen LogP contribution in [-0.4, -0.2) is 75.1 Å². The molecular formula is C22H35N5O8. The van der Waals surface area contributed by atoms with E-state index in [1.54, 1.807) is 34.6 Å². The third-order valence-corrected chi connectivity index (χ3v) is 5.19. The van der Waals surface area contributed by atoms with E-state index in [0.717, 1.165) is 0 Å². The lowest BCUT2D eigenvalue weighted by atomic mass is 10.0. The molecule has 5 atom stereocenters. The van der Waals surface area contributed by atoms with Crippen LogP contribution in [0.1, 0.15) is 71.7 Å². The van der Waals surface area contributed by atoms with Crippen LogP contribution in [0.5, 0.6) is 0 Å². The molecule has 2 saturated heterocycles. The van der Waals surface area contributed by atoms with Crippen molar-refractivity contribution >= 4 is 18.0 Å². The molecule has 196 valence electrons. The molecule has 13 nitrogen and oxygen atoms in total. The maximum Gasteiger partial charge on any atom is 0.408 e. The SMILES string of the molecule is CC(C)C[C@H](NC(=O)OC(C)(C)C)C(=O)OC[C@@H]1O[C@H](n2cnc(C(N)=O)n2)C2OC(C)(C)OC21. The van der Waals surface area contributed by atoms with Crippen LogP contribution in [0.4, 0.5) is 4.79 Å². The molecule has 1 aromatic rings. The van der Waals surface area contributed by atoms with Gasteiger partial charge in [0, 0.05) is 0 Å². The molecule has 13 heteroatoms. The smallest absolute Gasteiger partial charge is 0.408 e. The number of alkyl carbamates (subject to hydrolysis) is 1. The number of primary amides is 1. The molecule has 0 aliphatic carbocycles. The van der Waals surface area contributed by atoms with Crippen LogP contribution in [0.2, 0.25) is 0 Å². The highest BCUT2D eigenvalue weighted by atomic mass is 16.8. The molecule has 1 aromatic heterocycles. The first kappa shape index (κ1) is 26.8. The first-order chi connectivity index (χ1) is 16.1. The summed E-state index contributed by atoms with van der Waals surface area (Å²) >= 11 is 0. The highest BCUT2D eigenvalue weighted by Crippen LogP contribution is 2.42. The summed E-state index contributed by atoms with van der Waals surface area (Å²) < 4.78 is 30.1. The lowest BCUT2D eigenvalue weighted by Gasteiger charge is -2.25. The second kappa shape index (κ2) is 10.1. The van der Waals surface area contributed by atoms with Crippen LogP contribution in [0.15, 0.2) is 6.33 Å². The number of amides is 2. The van der Waals surface area contributed by atoms with Crippen LogP contribution in [0.25, 0.3) is 0 Å². The topological polar surface area (TPSA) is 166 Å². The normalized spacial score (nSPS) is 26.3. The lowest BCUT2D eigenvalue weighted by Crippen LogP contribution is -2.46. The van der Waals surface area contributed by atoms with Crippen LogP contribution >= 0.6 is 0 Å². The molecule has 3 N–H and O–H groups in total. The van der Waals surface area contributed by atoms with Crippen LogP contribution < -0.4 is 11.1 Å². The van der Waals surface area contributed by atoms with Crippen molar-refractivity contribution in [3.05, 3.63) is 12.2 Å². The lowest BCUT2D eigenvalue weighted by molar-refractivity contribution is -0.204. The molecule has 2 fully saturated rings. The van der Waals surface area contributed by atoms with E-state index in [0.29, 0.717) is 6.42 Å². The molecular weight excluding hydrogens is 462 g/mol. The average Bonchev–Trinajstić information content (AvgIpc) is 3.37. The molecule has 2 aliphatic rings. The van der Waals surface area contributed by atoms with Gasteiger partial charge in [-0.05, 0) is 47.0 Å². The molecule has 0 bridgehead atoms. The predicted molar refractivity (Wildman–Crippen MR) is 120 cm³/mol. The second-order valence-electron chi connectivity index (χ2n) is 10.5. The van der Waals surface area contributed by atoms with Gasteiger partial charge in [0.15, 0.2) is 12.0 Å². The van der Waals surface area contributed by atoms with Gasteiger partial charge in [-0.2, -0.15) is 0 Å². The Morgan fingerprint density at radius 2 is 1.89 bits per heavy atom. The van der Waals surface area contributed by atoms with Gasteiger partial charge in [0.25, 0.3) is 5.91 Å². The van der Waals surface area contributed by atoms with Crippen molar-refractivity contribution in [2.24, 2.45) is 11.7 Å². The van der Waals surface area contributed by atoms with Gasteiger partial charge < -0.3 is 34.7 Å². The fourth-order valence-corrected chi connectivity index (χ4v) is 3.92. The quantitative estimate of drug-likeness (QED) is 0.499. The number of nitrogens with two attached hydrogens (primary N) is 1. The highest BCUT2D eigenvalue weighted by Gasteiger charge is 2.56. The van der Waals surface area contributed by atoms with E-state index in [1.165, 1.54) is 11.0 Å². The number of hydrogen-bond acceptors (Lipinski definition) is 10. The number of ether oxygens (including phenoxy) is 5. The Hall–Kier alpha value is -2.77. The fourth-order valence-electron chi connectivity index (χ4n) is 3.92. The van der Waals surface area contributed by atoms with Gasteiger partial charge in [0.2, 0.25) is 5.82 Å². The largest absolute Gasteiger partial charge is 0.461 e. The Kier molecular flexibility index (Phi) is 7.72. The van der Waals surface area contributed by atoms with E-state index < -0.39 is 59.9 Å². The monoisotopic (exact) mass is 497 g/mol. The minimum Gasteiger partial charge on any atom is -0.461 e. The van der Waals surface area contributed by atoms with E-state index in [-0.39, 0.29) is 18.3 Å². The third kappa shape index (κ3) is 6.89. The number of hydrogen-bond donors (Lipinski definition) is 2. The summed E-state index contributed by atoms with van der Waals surface area (Å²) in [5.74, 6) is -2.36. The number of carbonyl (C=O) groups excluding carboxylic acids is 3. The number of nitrogens with zero attached hydrogens (tertiary/aromatic N) is 3. The molecule has 35 heavy (non-hydrogen) atoms. The first-order valence-electron chi connectivity index (χ1n) is 11.5. The minimum absolute atomic E-state index is 0.109. The van der Waals surface area contributed by atoms with Gasteiger partial charge in [-0.3, -0.25) is 4.79 Å². The number of esters is 1. The fraction of sp³-hybridized carbons (Fsp3) is 0.773. The van der Waals surface area contributed by atoms with Gasteiger partial charge >= 0.3 is 12.1 Å². The first-order valence-corrected chi connectivity index (χ1v) is 11.5. The van der Waals surface area contributed by atoms with Crippen molar-refractivity contribution in [2.45, 2.75) is 96.9 Å². The zero-order chi connectivity index (χ0) is 26.1. The molecule has 2 aliphatic heterocycles. The summed E-state index contributed by atoms with van der Waals surface area (Å²) in [6, 6.07) is -0.900. The number of nitrogens with one attached hydrogen (secondary N) is 1. The van der Waals surface area contributed by atoms with Crippen molar-refractivity contribution in [3.8, 4) is 0 Å². The van der Waals surface area contributed by atoms with Gasteiger partial charge in [-0.25, -0.2) is 19.3 Å². The van der Waals surface area contributed by atoms with Crippen molar-refractivity contribution in [1.82, 2.24) is 20.1 Å². The van der Waals surface area contributed by atoms with E-state index in [4.69, 9.17) is 29.4 Å². The molecule has 2 unspecified atom stereocenters. The van der Waals surface area contributed by atoms with Crippen molar-refractivity contribution in [1.29, 1.82) is 0 Å². The molecule has 3 heterocycles. The van der Waals surface area contributed by atoms with E-state index in [9.17, 15) is 14.4 Å². The molecule has 0 saturated carbocycles. The minimum atomic E-state index is -0.912. The molecule has 2 amide bonds. The van der Waals surface area contributed by atoms with Crippen LogP contribution in [0, 0.1) is 5.92 Å². The summed E-state index contributed by atoms with van der Waals surface area (Å²) in [5, 5.41) is 6.64. The maximum absolute atomic E-state index is 12.9. The summed E-state index contributed by atoms with van der Waals surface area (Å²) in [5.41, 5.74) is 4.54. The Labute approximate surface area is 203 Å². The predicted octanol–water partition coefficient (Wildman–Crippen LogP) is 1.28. The van der Waals surface area contributed by atoms with Crippen LogP contribution in [0.3, 0.4) is 0 Å². The number of aromatic nitrogens is 3. The number of fused-ring (bicyclic) bond motifs is 1. The van der Waals surface area contributed by atoms with Crippen LogP contribution in [-0.2, 0) is 28.5 Å². The molecule has 3 rings (SSSR count). The average molecular weight is 498 g/mol. The van der Waals surface area contributed by atoms with E-state index in [2.05, 4.69) is 15.4 Å². The zero-order valence-electron chi connectivity index (χ0n) is 21.1. The second-order valence-corrected chi connectivity index (χ2v) is 10.5. The Morgan fingerprint density at radius 1 is 1.23 bits per heavy atom. The maximum atomic E-state index is 12.9. The third-order valence-electron chi connectivity index (χ3n) is 5.19. The van der Waals surface area contributed by atoms with E-state index in [1.807, 2.05) is 13.8 Å². The standard InChI is InChI=1S/C22H35N5O8/c1-11(2)8-12(25-20(30)35-21(3,4)5)19(29)31-9-13-14-15(34-22(6,7)33-14)18(32-13)27-10-24-17(26-27)16(23)28/h10-15,18H,8-9H2,1-7H3,(H2,23,28)(H,25,30)/t12-,13-,14?,15?,18-/m0/s1. The highest BCUT2D eigenvalue weighted by molar-refractivity contribution is 5.88. The van der Waals surface area contributed by atoms with Crippen molar-refractivity contribution in [2.75, 3.05) is 6.61 Å². The van der Waals surface area contributed by atoms with E-state index >= 15 is 0 Å². The van der Waals surface area contributed by atoms with Gasteiger partial charge in [-0.15, -0.1) is 5.10 Å². The van der Waals surface area contributed by atoms with Crippen molar-refractivity contribution < 1.29 is 38.1 Å². The van der Waals surface area contributed by atoms with Gasteiger partial charge in [0.05, 0.1) is 0 Å². The Bertz CT molecular complexity index is 941. The molecule has 0 spiro atoms. The summed E-state index contributed by atoms with van der Waals surface area (Å²) in [4.78, 5) is 40.4. The van der Waals surface area contributed by atoms with Crippen molar-refractivity contribution in [3.63, 3.8) is 0 Å². The zero-order valence-corrected chi connectivity index (χ0v) is 21.1. The Balaban J connectivity index is 1.68. The number of carbonyl (C=O) groups is 3. The molecule has 0 aromatic carbocycles. The van der Waals surface area contributed by atoms with Gasteiger partial charge in [-0.1, -0.05) is 13.8 Å².